The van der Waals surface area contributed by atoms with Crippen molar-refractivity contribution < 1.29 is 9.59 Å². The molecule has 0 aromatic carbocycles. The van der Waals surface area contributed by atoms with Crippen LogP contribution in [0.4, 0.5) is 0 Å². The first kappa shape index (κ1) is 10.3. The Morgan fingerprint density at radius 3 is 1.64 bits per heavy atom. The summed E-state index contributed by atoms with van der Waals surface area (Å²) < 4.78 is 0. The van der Waals surface area contributed by atoms with Gasteiger partial charge in [-0.1, -0.05) is 20.8 Å². The van der Waals surface area contributed by atoms with Crippen molar-refractivity contribution in [1.82, 2.24) is 0 Å². The van der Waals surface area contributed by atoms with Crippen molar-refractivity contribution in [2.75, 3.05) is 0 Å². The zero-order chi connectivity index (χ0) is 9.07. The molecule has 0 saturated heterocycles. The molecule has 0 N–H and O–H groups in total. The molecular weight excluding hydrogens is 140 g/mol. The second-order valence-corrected chi connectivity index (χ2v) is 3.15. The van der Waals surface area contributed by atoms with Gasteiger partial charge in [-0.3, -0.25) is 9.59 Å². The lowest BCUT2D eigenvalue weighted by molar-refractivity contribution is -0.141. The van der Waals surface area contributed by atoms with Gasteiger partial charge in [0.25, 0.3) is 0 Å². The number of rotatable bonds is 4. The van der Waals surface area contributed by atoms with Crippen molar-refractivity contribution in [2.24, 2.45) is 5.41 Å². The molecule has 0 unspecified atom stereocenters. The van der Waals surface area contributed by atoms with Gasteiger partial charge in [0, 0.05) is 12.3 Å². The van der Waals surface area contributed by atoms with Crippen LogP contribution in [-0.4, -0.2) is 11.6 Å². The van der Waals surface area contributed by atoms with Crippen LogP contribution in [0.3, 0.4) is 0 Å². The SMILES string of the molecule is CCC(C)(CC)C(=O)C(C)=O. The van der Waals surface area contributed by atoms with E-state index in [1.54, 1.807) is 0 Å². The van der Waals surface area contributed by atoms with Crippen LogP contribution in [0, 0.1) is 5.41 Å². The van der Waals surface area contributed by atoms with Crippen LogP contribution in [0.2, 0.25) is 0 Å². The van der Waals surface area contributed by atoms with E-state index in [1.807, 2.05) is 20.8 Å². The fraction of sp³-hybridized carbons (Fsp3) is 0.778. The lowest BCUT2D eigenvalue weighted by Crippen LogP contribution is -2.31. The quantitative estimate of drug-likeness (QED) is 0.583. The molecule has 11 heavy (non-hydrogen) atoms. The van der Waals surface area contributed by atoms with Gasteiger partial charge < -0.3 is 0 Å². The Hall–Kier alpha value is -0.660. The zero-order valence-corrected chi connectivity index (χ0v) is 7.73. The van der Waals surface area contributed by atoms with Gasteiger partial charge in [0.2, 0.25) is 5.78 Å². The summed E-state index contributed by atoms with van der Waals surface area (Å²) in [4.78, 5) is 22.0. The first-order valence-electron chi connectivity index (χ1n) is 4.03. The first-order valence-corrected chi connectivity index (χ1v) is 4.03. The van der Waals surface area contributed by atoms with Crippen molar-refractivity contribution in [1.29, 1.82) is 0 Å². The van der Waals surface area contributed by atoms with Crippen LogP contribution in [0.25, 0.3) is 0 Å². The predicted octanol–water partition coefficient (Wildman–Crippen LogP) is 1.97. The minimum atomic E-state index is -0.425. The molecule has 0 aromatic rings. The highest BCUT2D eigenvalue weighted by molar-refractivity contribution is 6.38. The van der Waals surface area contributed by atoms with Gasteiger partial charge in [0.05, 0.1) is 0 Å². The summed E-state index contributed by atoms with van der Waals surface area (Å²) in [5.41, 5.74) is -0.425. The average Bonchev–Trinajstić information content (AvgIpc) is 2.01. The maximum absolute atomic E-state index is 11.3. The maximum atomic E-state index is 11.3. The number of Topliss-reactive ketones (excluding diaryl/α,β-unsaturated/α-hetero) is 2. The van der Waals surface area contributed by atoms with Gasteiger partial charge in [-0.25, -0.2) is 0 Å². The van der Waals surface area contributed by atoms with Gasteiger partial charge in [0.15, 0.2) is 5.78 Å². The van der Waals surface area contributed by atoms with E-state index in [4.69, 9.17) is 0 Å². The van der Waals surface area contributed by atoms with E-state index in [0.717, 1.165) is 12.8 Å². The van der Waals surface area contributed by atoms with E-state index in [1.165, 1.54) is 6.92 Å². The summed E-state index contributed by atoms with van der Waals surface area (Å²) in [6, 6.07) is 0. The lowest BCUT2D eigenvalue weighted by Gasteiger charge is -2.22. The van der Waals surface area contributed by atoms with E-state index in [0.29, 0.717) is 0 Å². The molecule has 0 fully saturated rings. The van der Waals surface area contributed by atoms with Gasteiger partial charge >= 0.3 is 0 Å². The first-order chi connectivity index (χ1) is 4.98. The number of hydrogen-bond donors (Lipinski definition) is 0. The van der Waals surface area contributed by atoms with E-state index in [-0.39, 0.29) is 11.6 Å². The summed E-state index contributed by atoms with van der Waals surface area (Å²) >= 11 is 0. The largest absolute Gasteiger partial charge is 0.291 e. The molecule has 2 nitrogen and oxygen atoms in total. The Labute approximate surface area is 68.0 Å². The molecule has 0 rings (SSSR count). The molecule has 0 aliphatic heterocycles. The van der Waals surface area contributed by atoms with Crippen LogP contribution in [0.15, 0.2) is 0 Å². The Morgan fingerprint density at radius 2 is 1.55 bits per heavy atom. The van der Waals surface area contributed by atoms with Gasteiger partial charge in [0.1, 0.15) is 0 Å². The van der Waals surface area contributed by atoms with Crippen LogP contribution < -0.4 is 0 Å². The Balaban J connectivity index is 4.50. The van der Waals surface area contributed by atoms with Crippen LogP contribution in [0.1, 0.15) is 40.5 Å². The molecule has 0 aromatic heterocycles. The second-order valence-electron chi connectivity index (χ2n) is 3.15. The molecule has 0 atom stereocenters. The van der Waals surface area contributed by atoms with Gasteiger partial charge in [-0.2, -0.15) is 0 Å². The average molecular weight is 156 g/mol. The van der Waals surface area contributed by atoms with E-state index in [2.05, 4.69) is 0 Å². The summed E-state index contributed by atoms with van der Waals surface area (Å²) in [5.74, 6) is -0.557. The van der Waals surface area contributed by atoms with Crippen LogP contribution >= 0.6 is 0 Å². The van der Waals surface area contributed by atoms with Gasteiger partial charge in [-0.05, 0) is 12.8 Å². The highest BCUT2D eigenvalue weighted by Gasteiger charge is 2.31. The summed E-state index contributed by atoms with van der Waals surface area (Å²) in [7, 11) is 0. The number of hydrogen-bond acceptors (Lipinski definition) is 2. The third-order valence-electron chi connectivity index (χ3n) is 2.43. The normalized spacial score (nSPS) is 11.3. The van der Waals surface area contributed by atoms with Gasteiger partial charge in [-0.15, -0.1) is 0 Å². The Bertz CT molecular complexity index is 166. The summed E-state index contributed by atoms with van der Waals surface area (Å²) in [6.07, 6.45) is 1.48. The lowest BCUT2D eigenvalue weighted by atomic mass is 9.79. The molecule has 0 saturated carbocycles. The van der Waals surface area contributed by atoms with E-state index >= 15 is 0 Å². The topological polar surface area (TPSA) is 34.1 Å². The summed E-state index contributed by atoms with van der Waals surface area (Å²) in [6.45, 7) is 7.05. The molecule has 0 aliphatic carbocycles. The molecule has 0 aliphatic rings. The second kappa shape index (κ2) is 3.65. The molecule has 64 valence electrons. The number of carbonyl (C=O) groups is 2. The Kier molecular flexibility index (Phi) is 3.43. The third kappa shape index (κ3) is 2.14. The van der Waals surface area contributed by atoms with Crippen molar-refractivity contribution in [3.8, 4) is 0 Å². The molecule has 0 radical (unpaired) electrons. The minimum Gasteiger partial charge on any atom is -0.291 e. The fourth-order valence-electron chi connectivity index (χ4n) is 0.996. The van der Waals surface area contributed by atoms with Crippen molar-refractivity contribution in [3.05, 3.63) is 0 Å². The highest BCUT2D eigenvalue weighted by Crippen LogP contribution is 2.26. The fourth-order valence-corrected chi connectivity index (χ4v) is 0.996. The van der Waals surface area contributed by atoms with Crippen molar-refractivity contribution in [2.45, 2.75) is 40.5 Å². The monoisotopic (exact) mass is 156 g/mol. The van der Waals surface area contributed by atoms with E-state index in [9.17, 15) is 9.59 Å². The zero-order valence-electron chi connectivity index (χ0n) is 7.73. The van der Waals surface area contributed by atoms with Crippen molar-refractivity contribution in [3.63, 3.8) is 0 Å². The number of ketones is 2. The smallest absolute Gasteiger partial charge is 0.203 e. The van der Waals surface area contributed by atoms with Crippen LogP contribution in [0.5, 0.6) is 0 Å². The molecular formula is C9H16O2. The van der Waals surface area contributed by atoms with Crippen molar-refractivity contribution >= 4 is 11.6 Å². The van der Waals surface area contributed by atoms with E-state index < -0.39 is 5.41 Å². The summed E-state index contributed by atoms with van der Waals surface area (Å²) in [5, 5.41) is 0. The third-order valence-corrected chi connectivity index (χ3v) is 2.43. The standard InChI is InChI=1S/C9H16O2/c1-5-9(4,6-2)8(11)7(3)10/h5-6H2,1-4H3. The van der Waals surface area contributed by atoms with Crippen LogP contribution in [-0.2, 0) is 9.59 Å². The molecule has 0 heterocycles. The maximum Gasteiger partial charge on any atom is 0.203 e. The minimum absolute atomic E-state index is 0.234. The molecule has 0 bridgehead atoms. The molecule has 0 spiro atoms. The predicted molar refractivity (Wildman–Crippen MR) is 44.4 cm³/mol. The highest BCUT2D eigenvalue weighted by atomic mass is 16.2. The molecule has 0 amide bonds. The Morgan fingerprint density at radius 1 is 1.18 bits per heavy atom. The molecule has 2 heteroatoms. The number of carbonyl (C=O) groups excluding carboxylic acids is 2.